The number of hydrogen-bond acceptors (Lipinski definition) is 4. The van der Waals surface area contributed by atoms with Crippen LogP contribution in [0.15, 0.2) is 18.2 Å². The SMILES string of the molecule is COC(=O)C(O)CNC(=O)c1cccc(C)c1F. The van der Waals surface area contributed by atoms with Crippen LogP contribution in [0.25, 0.3) is 0 Å². The lowest BCUT2D eigenvalue weighted by Crippen LogP contribution is -2.37. The summed E-state index contributed by atoms with van der Waals surface area (Å²) in [6.07, 6.45) is -1.47. The third kappa shape index (κ3) is 3.27. The molecule has 0 aliphatic heterocycles. The van der Waals surface area contributed by atoms with Gasteiger partial charge in [0.05, 0.1) is 19.2 Å². The highest BCUT2D eigenvalue weighted by Crippen LogP contribution is 2.11. The zero-order valence-electron chi connectivity index (χ0n) is 10.1. The fourth-order valence-corrected chi connectivity index (χ4v) is 1.33. The van der Waals surface area contributed by atoms with Gasteiger partial charge in [-0.25, -0.2) is 9.18 Å². The minimum Gasteiger partial charge on any atom is -0.467 e. The Hall–Kier alpha value is -1.95. The predicted octanol–water partition coefficient (Wildman–Crippen LogP) is 0.398. The van der Waals surface area contributed by atoms with Crippen molar-refractivity contribution >= 4 is 11.9 Å². The standard InChI is InChI=1S/C12H14FNO4/c1-7-4-3-5-8(10(7)13)11(16)14-6-9(15)12(17)18-2/h3-5,9,15H,6H2,1-2H3,(H,14,16). The number of aliphatic hydroxyl groups is 1. The van der Waals surface area contributed by atoms with E-state index in [1.165, 1.54) is 19.1 Å². The number of ether oxygens (including phenoxy) is 1. The Morgan fingerprint density at radius 3 is 2.78 bits per heavy atom. The number of carbonyl (C=O) groups excluding carboxylic acids is 2. The van der Waals surface area contributed by atoms with E-state index in [0.29, 0.717) is 5.56 Å². The number of methoxy groups -OCH3 is 1. The average molecular weight is 255 g/mol. The molecule has 0 fully saturated rings. The third-order valence-corrected chi connectivity index (χ3v) is 2.37. The molecule has 1 aromatic rings. The molecule has 0 saturated heterocycles. The molecule has 18 heavy (non-hydrogen) atoms. The average Bonchev–Trinajstić information content (AvgIpc) is 2.37. The summed E-state index contributed by atoms with van der Waals surface area (Å²) in [4.78, 5) is 22.5. The highest BCUT2D eigenvalue weighted by Gasteiger charge is 2.18. The van der Waals surface area contributed by atoms with E-state index >= 15 is 0 Å². The number of nitrogens with one attached hydrogen (secondary N) is 1. The number of halogens is 1. The van der Waals surface area contributed by atoms with Crippen molar-refractivity contribution in [2.75, 3.05) is 13.7 Å². The molecule has 1 unspecified atom stereocenters. The van der Waals surface area contributed by atoms with Crippen molar-refractivity contribution in [1.82, 2.24) is 5.32 Å². The predicted molar refractivity (Wildman–Crippen MR) is 61.5 cm³/mol. The fourth-order valence-electron chi connectivity index (χ4n) is 1.33. The molecule has 98 valence electrons. The minimum absolute atomic E-state index is 0.132. The normalized spacial score (nSPS) is 11.8. The van der Waals surface area contributed by atoms with Gasteiger partial charge in [0.25, 0.3) is 5.91 Å². The second kappa shape index (κ2) is 6.11. The molecule has 0 spiro atoms. The van der Waals surface area contributed by atoms with E-state index in [-0.39, 0.29) is 12.1 Å². The molecule has 6 heteroatoms. The van der Waals surface area contributed by atoms with Gasteiger partial charge in [-0.2, -0.15) is 0 Å². The lowest BCUT2D eigenvalue weighted by atomic mass is 10.1. The molecule has 5 nitrogen and oxygen atoms in total. The van der Waals surface area contributed by atoms with E-state index in [1.54, 1.807) is 6.07 Å². The minimum atomic E-state index is -1.47. The third-order valence-electron chi connectivity index (χ3n) is 2.37. The van der Waals surface area contributed by atoms with E-state index in [0.717, 1.165) is 7.11 Å². The molecule has 0 aliphatic carbocycles. The summed E-state index contributed by atoms with van der Waals surface area (Å²) >= 11 is 0. The van der Waals surface area contributed by atoms with Crippen LogP contribution < -0.4 is 5.32 Å². The summed E-state index contributed by atoms with van der Waals surface area (Å²) in [6.45, 7) is 1.20. The zero-order valence-corrected chi connectivity index (χ0v) is 10.1. The van der Waals surface area contributed by atoms with Gasteiger partial charge in [-0.15, -0.1) is 0 Å². The van der Waals surface area contributed by atoms with Crippen molar-refractivity contribution in [3.05, 3.63) is 35.1 Å². The molecule has 1 aromatic carbocycles. The first-order valence-corrected chi connectivity index (χ1v) is 5.26. The van der Waals surface area contributed by atoms with Gasteiger partial charge in [-0.3, -0.25) is 4.79 Å². The second-order valence-electron chi connectivity index (χ2n) is 3.69. The van der Waals surface area contributed by atoms with E-state index in [4.69, 9.17) is 0 Å². The topological polar surface area (TPSA) is 75.6 Å². The van der Waals surface area contributed by atoms with Gasteiger partial charge in [0.2, 0.25) is 0 Å². The van der Waals surface area contributed by atoms with Crippen molar-refractivity contribution in [1.29, 1.82) is 0 Å². The number of aryl methyl sites for hydroxylation is 1. The van der Waals surface area contributed by atoms with E-state index in [9.17, 15) is 19.1 Å². The first kappa shape index (κ1) is 14.1. The van der Waals surface area contributed by atoms with Gasteiger partial charge >= 0.3 is 5.97 Å². The molecular weight excluding hydrogens is 241 g/mol. The van der Waals surface area contributed by atoms with Gasteiger partial charge < -0.3 is 15.2 Å². The van der Waals surface area contributed by atoms with E-state index in [1.807, 2.05) is 0 Å². The fraction of sp³-hybridized carbons (Fsp3) is 0.333. The van der Waals surface area contributed by atoms with Gasteiger partial charge in [0.15, 0.2) is 6.10 Å². The molecule has 0 radical (unpaired) electrons. The molecule has 1 rings (SSSR count). The lowest BCUT2D eigenvalue weighted by molar-refractivity contribution is -0.149. The number of carbonyl (C=O) groups is 2. The first-order chi connectivity index (χ1) is 8.47. The summed E-state index contributed by atoms with van der Waals surface area (Å²) in [7, 11) is 1.12. The molecule has 1 amide bonds. The Bertz CT molecular complexity index is 461. The van der Waals surface area contributed by atoms with Crippen molar-refractivity contribution in [3.63, 3.8) is 0 Å². The van der Waals surface area contributed by atoms with Crippen LogP contribution in [-0.4, -0.2) is 36.7 Å². The van der Waals surface area contributed by atoms with Crippen molar-refractivity contribution in [3.8, 4) is 0 Å². The molecule has 0 bridgehead atoms. The second-order valence-corrected chi connectivity index (χ2v) is 3.69. The number of aliphatic hydroxyl groups excluding tert-OH is 1. The van der Waals surface area contributed by atoms with Crippen LogP contribution in [0.4, 0.5) is 4.39 Å². The van der Waals surface area contributed by atoms with Gasteiger partial charge in [-0.1, -0.05) is 12.1 Å². The summed E-state index contributed by atoms with van der Waals surface area (Å²) in [5, 5.41) is 11.5. The molecule has 0 aliphatic rings. The molecule has 0 aromatic heterocycles. The van der Waals surface area contributed by atoms with Gasteiger partial charge in [0.1, 0.15) is 5.82 Å². The van der Waals surface area contributed by atoms with Gasteiger partial charge in [-0.05, 0) is 18.6 Å². The van der Waals surface area contributed by atoms with Crippen molar-refractivity contribution < 1.29 is 23.8 Å². The summed E-state index contributed by atoms with van der Waals surface area (Å²) < 4.78 is 17.9. The number of hydrogen-bond donors (Lipinski definition) is 2. The van der Waals surface area contributed by atoms with Crippen LogP contribution >= 0.6 is 0 Å². The van der Waals surface area contributed by atoms with Crippen molar-refractivity contribution in [2.24, 2.45) is 0 Å². The van der Waals surface area contributed by atoms with E-state index in [2.05, 4.69) is 10.1 Å². The maximum atomic E-state index is 13.6. The Morgan fingerprint density at radius 1 is 1.50 bits per heavy atom. The Balaban J connectivity index is 2.66. The maximum Gasteiger partial charge on any atom is 0.336 e. The number of benzene rings is 1. The van der Waals surface area contributed by atoms with Crippen molar-refractivity contribution in [2.45, 2.75) is 13.0 Å². The highest BCUT2D eigenvalue weighted by atomic mass is 19.1. The Morgan fingerprint density at radius 2 is 2.17 bits per heavy atom. The Kier molecular flexibility index (Phi) is 4.79. The lowest BCUT2D eigenvalue weighted by Gasteiger charge is -2.10. The van der Waals surface area contributed by atoms with Crippen LogP contribution in [0.5, 0.6) is 0 Å². The largest absolute Gasteiger partial charge is 0.467 e. The van der Waals surface area contributed by atoms with Crippen LogP contribution in [0, 0.1) is 12.7 Å². The number of amides is 1. The summed E-state index contributed by atoms with van der Waals surface area (Å²) in [6, 6.07) is 4.40. The maximum absolute atomic E-state index is 13.6. The molecule has 0 saturated carbocycles. The van der Waals surface area contributed by atoms with E-state index < -0.39 is 23.8 Å². The highest BCUT2D eigenvalue weighted by molar-refractivity contribution is 5.95. The number of esters is 1. The van der Waals surface area contributed by atoms with Crippen LogP contribution in [-0.2, 0) is 9.53 Å². The zero-order chi connectivity index (χ0) is 13.7. The smallest absolute Gasteiger partial charge is 0.336 e. The van der Waals surface area contributed by atoms with Gasteiger partial charge in [0, 0.05) is 0 Å². The molecule has 1 atom stereocenters. The molecular formula is C12H14FNO4. The molecule has 2 N–H and O–H groups in total. The first-order valence-electron chi connectivity index (χ1n) is 5.26. The summed E-state index contributed by atoms with van der Waals surface area (Å²) in [5.74, 6) is -2.18. The molecule has 0 heterocycles. The summed E-state index contributed by atoms with van der Waals surface area (Å²) in [5.41, 5.74) is 0.211. The van der Waals surface area contributed by atoms with Crippen LogP contribution in [0.3, 0.4) is 0 Å². The van der Waals surface area contributed by atoms with Crippen LogP contribution in [0.1, 0.15) is 15.9 Å². The Labute approximate surface area is 104 Å². The quantitative estimate of drug-likeness (QED) is 0.763. The van der Waals surface area contributed by atoms with Crippen LogP contribution in [0.2, 0.25) is 0 Å². The number of rotatable bonds is 4. The monoisotopic (exact) mass is 255 g/mol.